The molecule has 174 valence electrons. The monoisotopic (exact) mass is 431 g/mol. The van der Waals surface area contributed by atoms with Crippen molar-refractivity contribution >= 4 is 5.96 Å². The molecule has 0 bridgehead atoms. The van der Waals surface area contributed by atoms with Crippen molar-refractivity contribution in [1.29, 1.82) is 0 Å². The fourth-order valence-electron chi connectivity index (χ4n) is 4.36. The first kappa shape index (κ1) is 24.0. The maximum atomic E-state index is 9.43. The van der Waals surface area contributed by atoms with Crippen LogP contribution in [-0.2, 0) is 17.8 Å². The average molecular weight is 432 g/mol. The van der Waals surface area contributed by atoms with Crippen molar-refractivity contribution in [2.45, 2.75) is 39.3 Å². The quantitative estimate of drug-likeness (QED) is 0.408. The summed E-state index contributed by atoms with van der Waals surface area (Å²) in [5.74, 6) is 0.824. The van der Waals surface area contributed by atoms with Crippen molar-refractivity contribution in [3.8, 4) is 0 Å². The van der Waals surface area contributed by atoms with Gasteiger partial charge in [0.05, 0.1) is 13.2 Å². The molecule has 0 aliphatic carbocycles. The predicted octanol–water partition coefficient (Wildman–Crippen LogP) is 1.67. The van der Waals surface area contributed by atoms with E-state index in [1.165, 1.54) is 30.6 Å². The van der Waals surface area contributed by atoms with Crippen molar-refractivity contribution in [2.75, 3.05) is 66.1 Å². The number of hydrogen-bond donors (Lipinski definition) is 3. The molecular formula is C24H41N5O2. The summed E-state index contributed by atoms with van der Waals surface area (Å²) >= 11 is 0. The topological polar surface area (TPSA) is 72.4 Å². The van der Waals surface area contributed by atoms with Gasteiger partial charge in [0.25, 0.3) is 0 Å². The third-order valence-electron chi connectivity index (χ3n) is 6.46. The highest BCUT2D eigenvalue weighted by molar-refractivity contribution is 5.79. The minimum absolute atomic E-state index is 0.00866. The van der Waals surface area contributed by atoms with Crippen LogP contribution in [0.5, 0.6) is 0 Å². The highest BCUT2D eigenvalue weighted by Gasteiger charge is 2.34. The molecule has 3 N–H and O–H groups in total. The van der Waals surface area contributed by atoms with E-state index in [4.69, 9.17) is 9.73 Å². The summed E-state index contributed by atoms with van der Waals surface area (Å²) in [6, 6.07) is 8.88. The zero-order valence-corrected chi connectivity index (χ0v) is 19.4. The first-order valence-corrected chi connectivity index (χ1v) is 11.8. The Morgan fingerprint density at radius 3 is 2.65 bits per heavy atom. The van der Waals surface area contributed by atoms with Gasteiger partial charge in [-0.2, -0.15) is 0 Å². The summed E-state index contributed by atoms with van der Waals surface area (Å²) in [6.07, 6.45) is 2.98. The maximum absolute atomic E-state index is 9.43. The molecule has 2 aliphatic heterocycles. The van der Waals surface area contributed by atoms with Gasteiger partial charge >= 0.3 is 0 Å². The van der Waals surface area contributed by atoms with Crippen molar-refractivity contribution in [1.82, 2.24) is 20.4 Å². The Bertz CT molecular complexity index is 673. The fraction of sp³-hybridized carbons (Fsp3) is 0.708. The first-order valence-electron chi connectivity index (χ1n) is 11.8. The molecule has 1 atom stereocenters. The zero-order chi connectivity index (χ0) is 21.9. The van der Waals surface area contributed by atoms with Gasteiger partial charge in [0.1, 0.15) is 0 Å². The largest absolute Gasteiger partial charge is 0.396 e. The smallest absolute Gasteiger partial charge is 0.191 e. The Morgan fingerprint density at radius 1 is 1.13 bits per heavy atom. The third-order valence-corrected chi connectivity index (χ3v) is 6.46. The second-order valence-corrected chi connectivity index (χ2v) is 9.07. The molecule has 2 fully saturated rings. The van der Waals surface area contributed by atoms with E-state index in [1.54, 1.807) is 0 Å². The van der Waals surface area contributed by atoms with Gasteiger partial charge in [-0.15, -0.1) is 0 Å². The van der Waals surface area contributed by atoms with Gasteiger partial charge in [-0.1, -0.05) is 24.3 Å². The molecule has 0 saturated carbocycles. The minimum Gasteiger partial charge on any atom is -0.396 e. The van der Waals surface area contributed by atoms with Crippen LogP contribution in [0.1, 0.15) is 37.3 Å². The van der Waals surface area contributed by atoms with Crippen LogP contribution in [0.25, 0.3) is 0 Å². The van der Waals surface area contributed by atoms with E-state index >= 15 is 0 Å². The summed E-state index contributed by atoms with van der Waals surface area (Å²) in [5, 5.41) is 16.2. The third kappa shape index (κ3) is 7.75. The molecule has 7 heteroatoms. The van der Waals surface area contributed by atoms with E-state index in [-0.39, 0.29) is 12.0 Å². The van der Waals surface area contributed by atoms with Gasteiger partial charge in [-0.05, 0) is 57.5 Å². The molecule has 1 aromatic rings. The fourth-order valence-corrected chi connectivity index (χ4v) is 4.36. The van der Waals surface area contributed by atoms with E-state index in [0.29, 0.717) is 13.2 Å². The van der Waals surface area contributed by atoms with Gasteiger partial charge in [0.15, 0.2) is 5.96 Å². The van der Waals surface area contributed by atoms with Crippen LogP contribution in [0.4, 0.5) is 0 Å². The Labute approximate surface area is 187 Å². The Balaban J connectivity index is 1.51. The van der Waals surface area contributed by atoms with Crippen molar-refractivity contribution < 1.29 is 9.84 Å². The highest BCUT2D eigenvalue weighted by atomic mass is 16.5. The highest BCUT2D eigenvalue weighted by Crippen LogP contribution is 2.31. The molecule has 2 aliphatic rings. The van der Waals surface area contributed by atoms with Gasteiger partial charge < -0.3 is 25.4 Å². The Kier molecular flexibility index (Phi) is 9.58. The first-order chi connectivity index (χ1) is 15.1. The lowest BCUT2D eigenvalue weighted by molar-refractivity contribution is 0.127. The van der Waals surface area contributed by atoms with Gasteiger partial charge in [0.2, 0.25) is 0 Å². The lowest BCUT2D eigenvalue weighted by Crippen LogP contribution is -2.44. The zero-order valence-electron chi connectivity index (χ0n) is 19.4. The second kappa shape index (κ2) is 12.4. The van der Waals surface area contributed by atoms with Crippen LogP contribution in [0.3, 0.4) is 0 Å². The van der Waals surface area contributed by atoms with E-state index < -0.39 is 0 Å². The summed E-state index contributed by atoms with van der Waals surface area (Å²) in [4.78, 5) is 9.75. The molecule has 2 heterocycles. The number of likely N-dealkylation sites (N-methyl/N-ethyl adjacent to an activating group) is 1. The van der Waals surface area contributed by atoms with Gasteiger partial charge in [-0.25, -0.2) is 4.99 Å². The molecule has 0 radical (unpaired) electrons. The van der Waals surface area contributed by atoms with Crippen LogP contribution in [0.15, 0.2) is 29.3 Å². The predicted molar refractivity (Wildman–Crippen MR) is 126 cm³/mol. The van der Waals surface area contributed by atoms with E-state index in [2.05, 4.69) is 58.7 Å². The Morgan fingerprint density at radius 2 is 1.94 bits per heavy atom. The molecule has 7 nitrogen and oxygen atoms in total. The molecule has 1 unspecified atom stereocenters. The minimum atomic E-state index is 0.00866. The summed E-state index contributed by atoms with van der Waals surface area (Å²) in [7, 11) is 2.21. The Hall–Kier alpha value is -1.67. The molecule has 1 aromatic carbocycles. The van der Waals surface area contributed by atoms with Crippen molar-refractivity contribution in [3.05, 3.63) is 35.4 Å². The normalized spacial score (nSPS) is 23.6. The van der Waals surface area contributed by atoms with Crippen LogP contribution in [0, 0.1) is 5.41 Å². The number of aliphatic imine (C=N–C) groups is 1. The van der Waals surface area contributed by atoms with Crippen LogP contribution in [-0.4, -0.2) is 87.0 Å². The molecular weight excluding hydrogens is 390 g/mol. The summed E-state index contributed by atoms with van der Waals surface area (Å²) < 4.78 is 5.60. The van der Waals surface area contributed by atoms with Crippen LogP contribution < -0.4 is 10.6 Å². The second-order valence-electron chi connectivity index (χ2n) is 9.07. The number of ether oxygens (including phenoxy) is 1. The summed E-state index contributed by atoms with van der Waals surface area (Å²) in [6.45, 7) is 11.7. The van der Waals surface area contributed by atoms with Crippen LogP contribution >= 0.6 is 0 Å². The SMILES string of the molecule is CCNC(=NCc1ccc(CN2CCCN(C)CC2)cc1)NCC1(CCO)CCOC1. The summed E-state index contributed by atoms with van der Waals surface area (Å²) in [5.41, 5.74) is 2.59. The van der Waals surface area contributed by atoms with E-state index in [9.17, 15) is 5.11 Å². The van der Waals surface area contributed by atoms with E-state index in [1.807, 2.05) is 0 Å². The number of aliphatic hydroxyl groups is 1. The standard InChI is InChI=1S/C24H41N5O2/c1-3-25-23(27-19-24(9-15-30)10-16-31-20-24)26-17-21-5-7-22(8-6-21)18-29-12-4-11-28(2)13-14-29/h5-8,30H,3-4,9-20H2,1-2H3,(H2,25,26,27). The molecule has 0 amide bonds. The maximum Gasteiger partial charge on any atom is 0.191 e. The number of nitrogens with zero attached hydrogens (tertiary/aromatic N) is 3. The molecule has 3 rings (SSSR count). The number of benzene rings is 1. The van der Waals surface area contributed by atoms with Crippen molar-refractivity contribution in [2.24, 2.45) is 10.4 Å². The molecule has 0 spiro atoms. The number of hydrogen-bond acceptors (Lipinski definition) is 5. The molecule has 31 heavy (non-hydrogen) atoms. The molecule has 2 saturated heterocycles. The number of aliphatic hydroxyl groups excluding tert-OH is 1. The van der Waals surface area contributed by atoms with Crippen molar-refractivity contribution in [3.63, 3.8) is 0 Å². The van der Waals surface area contributed by atoms with Crippen LogP contribution in [0.2, 0.25) is 0 Å². The lowest BCUT2D eigenvalue weighted by atomic mass is 9.84. The van der Waals surface area contributed by atoms with E-state index in [0.717, 1.165) is 58.1 Å². The van der Waals surface area contributed by atoms with Gasteiger partial charge in [-0.3, -0.25) is 4.90 Å². The lowest BCUT2D eigenvalue weighted by Gasteiger charge is -2.27. The average Bonchev–Trinajstić information content (AvgIpc) is 3.14. The number of guanidine groups is 1. The van der Waals surface area contributed by atoms with Gasteiger partial charge in [0, 0.05) is 51.4 Å². The molecule has 0 aromatic heterocycles. The number of nitrogens with one attached hydrogen (secondary N) is 2. The number of rotatable bonds is 9.